The third-order valence-corrected chi connectivity index (χ3v) is 3.64. The quantitative estimate of drug-likeness (QED) is 0.680. The Hall–Kier alpha value is -1.56. The molecule has 6 heteroatoms. The van der Waals surface area contributed by atoms with Gasteiger partial charge in [-0.1, -0.05) is 5.16 Å². The summed E-state index contributed by atoms with van der Waals surface area (Å²) in [6, 6.07) is 4.47. The zero-order valence-electron chi connectivity index (χ0n) is 9.60. The molecule has 3 rings (SSSR count). The smallest absolute Gasteiger partial charge is 0.237 e. The molecule has 1 aliphatic carbocycles. The number of nitrogen functional groups attached to an aromatic ring is 1. The van der Waals surface area contributed by atoms with E-state index in [1.807, 2.05) is 0 Å². The van der Waals surface area contributed by atoms with Crippen LogP contribution in [0.15, 0.2) is 27.6 Å². The predicted molar refractivity (Wildman–Crippen MR) is 66.6 cm³/mol. The summed E-state index contributed by atoms with van der Waals surface area (Å²) in [6.07, 6.45) is 2.29. The molecule has 0 bridgehead atoms. The number of hydrogen-bond donors (Lipinski definition) is 1. The largest absolute Gasteiger partial charge is 0.399 e. The van der Waals surface area contributed by atoms with Gasteiger partial charge in [-0.05, 0) is 31.0 Å². The standard InChI is InChI=1S/C12H12FN3OS/c13-8-3-9(14)5-10(4-8)18-6-11-15-12(16-17-11)7-1-2-7/h3-5,7H,1-2,6,14H2. The first-order valence-electron chi connectivity index (χ1n) is 5.72. The van der Waals surface area contributed by atoms with E-state index in [4.69, 9.17) is 10.3 Å². The molecule has 94 valence electrons. The highest BCUT2D eigenvalue weighted by atomic mass is 32.2. The van der Waals surface area contributed by atoms with Crippen molar-refractivity contribution >= 4 is 17.4 Å². The predicted octanol–water partition coefficient (Wildman–Crippen LogP) is 2.96. The number of benzene rings is 1. The summed E-state index contributed by atoms with van der Waals surface area (Å²) in [4.78, 5) is 5.07. The van der Waals surface area contributed by atoms with Crippen molar-refractivity contribution in [2.24, 2.45) is 0 Å². The van der Waals surface area contributed by atoms with Gasteiger partial charge in [-0.3, -0.25) is 0 Å². The number of aromatic nitrogens is 2. The lowest BCUT2D eigenvalue weighted by molar-refractivity contribution is 0.385. The number of anilines is 1. The van der Waals surface area contributed by atoms with Crippen LogP contribution in [0, 0.1) is 5.82 Å². The molecule has 4 nitrogen and oxygen atoms in total. The van der Waals surface area contributed by atoms with Crippen molar-refractivity contribution in [1.82, 2.24) is 10.1 Å². The van der Waals surface area contributed by atoms with Gasteiger partial charge in [-0.2, -0.15) is 4.98 Å². The minimum Gasteiger partial charge on any atom is -0.399 e. The maximum absolute atomic E-state index is 13.1. The minimum atomic E-state index is -0.332. The van der Waals surface area contributed by atoms with E-state index in [-0.39, 0.29) is 5.82 Å². The number of rotatable bonds is 4. The van der Waals surface area contributed by atoms with Crippen LogP contribution in [-0.2, 0) is 5.75 Å². The van der Waals surface area contributed by atoms with Crippen molar-refractivity contribution in [2.45, 2.75) is 29.4 Å². The van der Waals surface area contributed by atoms with Crippen LogP contribution in [0.5, 0.6) is 0 Å². The van der Waals surface area contributed by atoms with E-state index in [1.165, 1.54) is 23.9 Å². The van der Waals surface area contributed by atoms with Gasteiger partial charge in [0.1, 0.15) is 5.82 Å². The van der Waals surface area contributed by atoms with Gasteiger partial charge in [-0.15, -0.1) is 11.8 Å². The Morgan fingerprint density at radius 3 is 2.94 bits per heavy atom. The molecule has 0 amide bonds. The first kappa shape index (κ1) is 11.5. The van der Waals surface area contributed by atoms with Crippen LogP contribution in [0.25, 0.3) is 0 Å². The summed E-state index contributed by atoms with van der Waals surface area (Å²) in [7, 11) is 0. The summed E-state index contributed by atoms with van der Waals surface area (Å²) in [6.45, 7) is 0. The summed E-state index contributed by atoms with van der Waals surface area (Å²) in [5.41, 5.74) is 5.99. The van der Waals surface area contributed by atoms with Crippen LogP contribution in [0.4, 0.5) is 10.1 Å². The highest BCUT2D eigenvalue weighted by molar-refractivity contribution is 7.98. The normalized spacial score (nSPS) is 14.9. The third-order valence-electron chi connectivity index (χ3n) is 2.68. The number of hydrogen-bond acceptors (Lipinski definition) is 5. The molecule has 1 heterocycles. The van der Waals surface area contributed by atoms with Crippen molar-refractivity contribution in [3.63, 3.8) is 0 Å². The number of thioether (sulfide) groups is 1. The lowest BCUT2D eigenvalue weighted by Crippen LogP contribution is -1.88. The molecule has 2 N–H and O–H groups in total. The molecule has 2 aromatic rings. The van der Waals surface area contributed by atoms with Crippen molar-refractivity contribution < 1.29 is 8.91 Å². The molecule has 1 fully saturated rings. The van der Waals surface area contributed by atoms with Crippen molar-refractivity contribution in [3.8, 4) is 0 Å². The topological polar surface area (TPSA) is 64.9 Å². The summed E-state index contributed by atoms with van der Waals surface area (Å²) in [5.74, 6) is 2.05. The summed E-state index contributed by atoms with van der Waals surface area (Å²) < 4.78 is 18.3. The number of nitrogens with zero attached hydrogens (tertiary/aromatic N) is 2. The summed E-state index contributed by atoms with van der Waals surface area (Å²) in [5, 5.41) is 3.93. The molecule has 0 saturated heterocycles. The van der Waals surface area contributed by atoms with Crippen LogP contribution in [0.2, 0.25) is 0 Å². The Morgan fingerprint density at radius 1 is 1.39 bits per heavy atom. The molecular weight excluding hydrogens is 253 g/mol. The molecular formula is C12H12FN3OS. The first-order valence-corrected chi connectivity index (χ1v) is 6.70. The van der Waals surface area contributed by atoms with Gasteiger partial charge in [0.05, 0.1) is 5.75 Å². The fourth-order valence-corrected chi connectivity index (χ4v) is 2.47. The lowest BCUT2D eigenvalue weighted by Gasteiger charge is -2.00. The van der Waals surface area contributed by atoms with Gasteiger partial charge < -0.3 is 10.3 Å². The Balaban J connectivity index is 1.65. The molecule has 1 aromatic heterocycles. The Kier molecular flexibility index (Phi) is 2.95. The van der Waals surface area contributed by atoms with Gasteiger partial charge in [0.2, 0.25) is 5.89 Å². The fourth-order valence-electron chi connectivity index (χ4n) is 1.65. The molecule has 0 unspecified atom stereocenters. The van der Waals surface area contributed by atoms with E-state index in [1.54, 1.807) is 6.07 Å². The third kappa shape index (κ3) is 2.64. The first-order chi connectivity index (χ1) is 8.70. The minimum absolute atomic E-state index is 0.332. The SMILES string of the molecule is Nc1cc(F)cc(SCc2nc(C3CC3)no2)c1. The molecule has 0 atom stereocenters. The maximum atomic E-state index is 13.1. The van der Waals surface area contributed by atoms with E-state index in [2.05, 4.69) is 10.1 Å². The molecule has 0 aliphatic heterocycles. The van der Waals surface area contributed by atoms with Crippen LogP contribution in [0.1, 0.15) is 30.5 Å². The number of nitrogens with two attached hydrogens (primary N) is 1. The Morgan fingerprint density at radius 2 is 2.22 bits per heavy atom. The van der Waals surface area contributed by atoms with Gasteiger partial charge in [0, 0.05) is 16.5 Å². The van der Waals surface area contributed by atoms with Gasteiger partial charge in [0.25, 0.3) is 0 Å². The highest BCUT2D eigenvalue weighted by Gasteiger charge is 2.28. The second-order valence-corrected chi connectivity index (χ2v) is 5.38. The van der Waals surface area contributed by atoms with Crippen molar-refractivity contribution in [1.29, 1.82) is 0 Å². The van der Waals surface area contributed by atoms with Crippen LogP contribution in [-0.4, -0.2) is 10.1 Å². The average molecular weight is 265 g/mol. The van der Waals surface area contributed by atoms with E-state index in [9.17, 15) is 4.39 Å². The maximum Gasteiger partial charge on any atom is 0.237 e. The molecule has 1 saturated carbocycles. The molecule has 1 aromatic carbocycles. The average Bonchev–Trinajstić information content (AvgIpc) is 3.05. The zero-order valence-corrected chi connectivity index (χ0v) is 10.4. The van der Waals surface area contributed by atoms with Gasteiger partial charge in [-0.25, -0.2) is 4.39 Å². The van der Waals surface area contributed by atoms with E-state index in [0.717, 1.165) is 23.6 Å². The summed E-state index contributed by atoms with van der Waals surface area (Å²) >= 11 is 1.43. The second-order valence-electron chi connectivity index (χ2n) is 4.33. The van der Waals surface area contributed by atoms with Crippen molar-refractivity contribution in [2.75, 3.05) is 5.73 Å². The monoisotopic (exact) mass is 265 g/mol. The van der Waals surface area contributed by atoms with Gasteiger partial charge >= 0.3 is 0 Å². The lowest BCUT2D eigenvalue weighted by atomic mass is 10.3. The number of halogens is 1. The zero-order chi connectivity index (χ0) is 12.5. The van der Waals surface area contributed by atoms with E-state index < -0.39 is 0 Å². The molecule has 0 spiro atoms. The van der Waals surface area contributed by atoms with Gasteiger partial charge in [0.15, 0.2) is 5.82 Å². The Labute approximate surface area is 108 Å². The van der Waals surface area contributed by atoms with E-state index >= 15 is 0 Å². The van der Waals surface area contributed by atoms with Crippen LogP contribution in [0.3, 0.4) is 0 Å². The fraction of sp³-hybridized carbons (Fsp3) is 0.333. The second kappa shape index (κ2) is 4.61. The van der Waals surface area contributed by atoms with Crippen LogP contribution < -0.4 is 5.73 Å². The van der Waals surface area contributed by atoms with Crippen molar-refractivity contribution in [3.05, 3.63) is 35.7 Å². The highest BCUT2D eigenvalue weighted by Crippen LogP contribution is 2.38. The molecule has 0 radical (unpaired) electrons. The Bertz CT molecular complexity index is 548. The molecule has 1 aliphatic rings. The van der Waals surface area contributed by atoms with E-state index in [0.29, 0.717) is 23.2 Å². The molecule has 18 heavy (non-hydrogen) atoms. The van der Waals surface area contributed by atoms with Crippen LogP contribution >= 0.6 is 11.8 Å².